The van der Waals surface area contributed by atoms with Gasteiger partial charge in [-0.15, -0.1) is 0 Å². The van der Waals surface area contributed by atoms with Gasteiger partial charge in [0.2, 0.25) is 0 Å². The standard InChI is InChI=1S/C18H13IO2/c19-18-14(12-6-1-3-10-16(12)20)8-5-9-15(18)13-7-2-4-11-17(13)21/h1-11,20-21H. The van der Waals surface area contributed by atoms with Crippen LogP contribution in [0.3, 0.4) is 0 Å². The van der Waals surface area contributed by atoms with E-state index in [0.29, 0.717) is 0 Å². The third-order valence-corrected chi connectivity index (χ3v) is 4.55. The van der Waals surface area contributed by atoms with Crippen LogP contribution in [0.2, 0.25) is 0 Å². The Morgan fingerprint density at radius 2 is 0.905 bits per heavy atom. The van der Waals surface area contributed by atoms with Gasteiger partial charge in [-0.3, -0.25) is 0 Å². The van der Waals surface area contributed by atoms with Crippen molar-refractivity contribution >= 4 is 22.6 Å². The molecule has 3 aromatic rings. The summed E-state index contributed by atoms with van der Waals surface area (Å²) in [4.78, 5) is 0. The molecule has 0 fully saturated rings. The molecule has 0 radical (unpaired) electrons. The van der Waals surface area contributed by atoms with E-state index in [1.54, 1.807) is 24.3 Å². The van der Waals surface area contributed by atoms with E-state index in [1.165, 1.54) is 0 Å². The molecule has 3 heteroatoms. The fourth-order valence-electron chi connectivity index (χ4n) is 2.35. The van der Waals surface area contributed by atoms with E-state index in [-0.39, 0.29) is 11.5 Å². The van der Waals surface area contributed by atoms with Crippen molar-refractivity contribution in [1.82, 2.24) is 0 Å². The zero-order valence-corrected chi connectivity index (χ0v) is 13.3. The highest BCUT2D eigenvalue weighted by Crippen LogP contribution is 2.39. The van der Waals surface area contributed by atoms with Gasteiger partial charge in [0.1, 0.15) is 11.5 Å². The summed E-state index contributed by atoms with van der Waals surface area (Å²) in [5, 5.41) is 20.1. The van der Waals surface area contributed by atoms with E-state index >= 15 is 0 Å². The van der Waals surface area contributed by atoms with Crippen molar-refractivity contribution in [3.05, 3.63) is 70.3 Å². The first-order chi connectivity index (χ1) is 10.2. The lowest BCUT2D eigenvalue weighted by molar-refractivity contribution is 0.477. The van der Waals surface area contributed by atoms with Gasteiger partial charge < -0.3 is 10.2 Å². The highest BCUT2D eigenvalue weighted by molar-refractivity contribution is 14.1. The van der Waals surface area contributed by atoms with Crippen molar-refractivity contribution in [2.45, 2.75) is 0 Å². The predicted molar refractivity (Wildman–Crippen MR) is 93.4 cm³/mol. The van der Waals surface area contributed by atoms with E-state index in [1.807, 2.05) is 42.5 Å². The van der Waals surface area contributed by atoms with Crippen molar-refractivity contribution in [3.63, 3.8) is 0 Å². The van der Waals surface area contributed by atoms with Crippen molar-refractivity contribution in [3.8, 4) is 33.8 Å². The van der Waals surface area contributed by atoms with Crippen molar-refractivity contribution in [1.29, 1.82) is 0 Å². The van der Waals surface area contributed by atoms with Crippen LogP contribution in [-0.2, 0) is 0 Å². The maximum atomic E-state index is 10.1. The molecule has 0 bridgehead atoms. The van der Waals surface area contributed by atoms with Crippen LogP contribution in [0.15, 0.2) is 66.7 Å². The summed E-state index contributed by atoms with van der Waals surface area (Å²) in [5.74, 6) is 0.509. The minimum Gasteiger partial charge on any atom is -0.507 e. The van der Waals surface area contributed by atoms with Gasteiger partial charge in [-0.05, 0) is 45.9 Å². The van der Waals surface area contributed by atoms with E-state index in [9.17, 15) is 10.2 Å². The van der Waals surface area contributed by atoms with Gasteiger partial charge in [0, 0.05) is 14.7 Å². The van der Waals surface area contributed by atoms with Gasteiger partial charge in [0.25, 0.3) is 0 Å². The number of hydrogen-bond donors (Lipinski definition) is 2. The quantitative estimate of drug-likeness (QED) is 0.605. The topological polar surface area (TPSA) is 40.5 Å². The molecule has 0 aromatic heterocycles. The minimum absolute atomic E-state index is 0.254. The molecule has 0 atom stereocenters. The Morgan fingerprint density at radius 3 is 1.33 bits per heavy atom. The molecule has 0 aliphatic heterocycles. The molecule has 0 saturated carbocycles. The van der Waals surface area contributed by atoms with Gasteiger partial charge in [-0.1, -0.05) is 54.6 Å². The highest BCUT2D eigenvalue weighted by atomic mass is 127. The summed E-state index contributed by atoms with van der Waals surface area (Å²) in [5.41, 5.74) is 3.49. The normalized spacial score (nSPS) is 10.5. The number of rotatable bonds is 2. The zero-order valence-electron chi connectivity index (χ0n) is 11.1. The molecule has 0 unspecified atom stereocenters. The molecule has 104 valence electrons. The Hall–Kier alpha value is -2.01. The Kier molecular flexibility index (Phi) is 3.84. The number of hydrogen-bond acceptors (Lipinski definition) is 2. The predicted octanol–water partition coefficient (Wildman–Crippen LogP) is 5.04. The van der Waals surface area contributed by atoms with Crippen LogP contribution in [0.25, 0.3) is 22.3 Å². The van der Waals surface area contributed by atoms with E-state index in [2.05, 4.69) is 22.6 Å². The molecule has 0 aliphatic rings. The van der Waals surface area contributed by atoms with Gasteiger partial charge in [-0.2, -0.15) is 0 Å². The summed E-state index contributed by atoms with van der Waals surface area (Å²) in [6.45, 7) is 0. The maximum absolute atomic E-state index is 10.1. The fraction of sp³-hybridized carbons (Fsp3) is 0. The number of phenols is 2. The van der Waals surface area contributed by atoms with Crippen molar-refractivity contribution in [2.24, 2.45) is 0 Å². The number of para-hydroxylation sites is 2. The van der Waals surface area contributed by atoms with Crippen molar-refractivity contribution < 1.29 is 10.2 Å². The highest BCUT2D eigenvalue weighted by Gasteiger charge is 2.13. The van der Waals surface area contributed by atoms with Crippen LogP contribution in [-0.4, -0.2) is 10.2 Å². The maximum Gasteiger partial charge on any atom is 0.123 e. The molecular weight excluding hydrogens is 375 g/mol. The van der Waals surface area contributed by atoms with Crippen LogP contribution in [0.5, 0.6) is 11.5 Å². The molecule has 2 nitrogen and oxygen atoms in total. The van der Waals surface area contributed by atoms with Crippen LogP contribution < -0.4 is 0 Å². The monoisotopic (exact) mass is 388 g/mol. The SMILES string of the molecule is Oc1ccccc1-c1cccc(-c2ccccc2O)c1I. The van der Waals surface area contributed by atoms with Gasteiger partial charge in [-0.25, -0.2) is 0 Å². The average molecular weight is 388 g/mol. The lowest BCUT2D eigenvalue weighted by Crippen LogP contribution is -1.89. The number of aromatic hydroxyl groups is 2. The molecule has 0 spiro atoms. The molecule has 2 N–H and O–H groups in total. The minimum atomic E-state index is 0.254. The molecule has 21 heavy (non-hydrogen) atoms. The van der Waals surface area contributed by atoms with Gasteiger partial charge >= 0.3 is 0 Å². The molecular formula is C18H13IO2. The Bertz CT molecular complexity index is 733. The van der Waals surface area contributed by atoms with Crippen LogP contribution in [0, 0.1) is 3.57 Å². The Labute approximate surface area is 136 Å². The van der Waals surface area contributed by atoms with Gasteiger partial charge in [0.15, 0.2) is 0 Å². The summed E-state index contributed by atoms with van der Waals surface area (Å²) in [7, 11) is 0. The van der Waals surface area contributed by atoms with Gasteiger partial charge in [0.05, 0.1) is 0 Å². The summed E-state index contributed by atoms with van der Waals surface area (Å²) >= 11 is 2.26. The molecule has 0 heterocycles. The van der Waals surface area contributed by atoms with Crippen LogP contribution in [0.1, 0.15) is 0 Å². The lowest BCUT2D eigenvalue weighted by Gasteiger charge is -2.12. The molecule has 0 aliphatic carbocycles. The van der Waals surface area contributed by atoms with E-state index in [4.69, 9.17) is 0 Å². The third-order valence-electron chi connectivity index (χ3n) is 3.39. The lowest BCUT2D eigenvalue weighted by atomic mass is 9.98. The van der Waals surface area contributed by atoms with E-state index in [0.717, 1.165) is 25.8 Å². The molecule has 3 rings (SSSR count). The number of halogens is 1. The number of phenolic OH excluding ortho intramolecular Hbond substituents is 2. The third kappa shape index (κ3) is 2.61. The number of benzene rings is 3. The zero-order chi connectivity index (χ0) is 14.8. The fourth-order valence-corrected chi connectivity index (χ4v) is 3.29. The summed E-state index contributed by atoms with van der Waals surface area (Å²) < 4.78 is 0.998. The second-order valence-electron chi connectivity index (χ2n) is 4.70. The first-order valence-electron chi connectivity index (χ1n) is 6.53. The summed E-state index contributed by atoms with van der Waals surface area (Å²) in [6.07, 6.45) is 0. The first kappa shape index (κ1) is 13.9. The van der Waals surface area contributed by atoms with E-state index < -0.39 is 0 Å². The Morgan fingerprint density at radius 1 is 0.524 bits per heavy atom. The second-order valence-corrected chi connectivity index (χ2v) is 5.78. The van der Waals surface area contributed by atoms with Crippen LogP contribution >= 0.6 is 22.6 Å². The molecule has 0 amide bonds. The molecule has 3 aromatic carbocycles. The first-order valence-corrected chi connectivity index (χ1v) is 7.61. The smallest absolute Gasteiger partial charge is 0.123 e. The molecule has 0 saturated heterocycles. The van der Waals surface area contributed by atoms with Crippen molar-refractivity contribution in [2.75, 3.05) is 0 Å². The Balaban J connectivity index is 2.21. The summed E-state index contributed by atoms with van der Waals surface area (Å²) in [6, 6.07) is 20.4. The average Bonchev–Trinajstić information content (AvgIpc) is 2.49. The van der Waals surface area contributed by atoms with Crippen LogP contribution in [0.4, 0.5) is 0 Å². The largest absolute Gasteiger partial charge is 0.507 e. The second kappa shape index (κ2) is 5.77.